The third kappa shape index (κ3) is 4.94. The summed E-state index contributed by atoms with van der Waals surface area (Å²) >= 11 is 1.52. The Morgan fingerprint density at radius 3 is 2.70 bits per heavy atom. The van der Waals surface area contributed by atoms with E-state index in [0.717, 1.165) is 5.56 Å². The molecule has 1 amide bonds. The fourth-order valence-corrected chi connectivity index (χ4v) is 4.68. The van der Waals surface area contributed by atoms with Gasteiger partial charge in [-0.05, 0) is 55.2 Å². The summed E-state index contributed by atoms with van der Waals surface area (Å²) in [5.41, 5.74) is 2.22. The molecule has 0 spiro atoms. The highest BCUT2D eigenvalue weighted by Crippen LogP contribution is 2.19. The lowest BCUT2D eigenvalue weighted by atomic mass is 10.2. The Kier molecular flexibility index (Phi) is 6.69. The van der Waals surface area contributed by atoms with Crippen LogP contribution in [-0.2, 0) is 21.9 Å². The predicted octanol–water partition coefficient (Wildman–Crippen LogP) is 2.48. The first-order valence-corrected chi connectivity index (χ1v) is 12.1. The summed E-state index contributed by atoms with van der Waals surface area (Å²) in [6.45, 7) is 1.90. The van der Waals surface area contributed by atoms with Crippen LogP contribution in [-0.4, -0.2) is 36.9 Å². The molecule has 10 heteroatoms. The molecule has 0 saturated heterocycles. The maximum Gasteiger partial charge on any atom is 0.419 e. The van der Waals surface area contributed by atoms with Crippen molar-refractivity contribution in [3.05, 3.63) is 58.6 Å². The summed E-state index contributed by atoms with van der Waals surface area (Å²) in [4.78, 5) is 24.4. The Morgan fingerprint density at radius 2 is 2.00 bits per heavy atom. The average molecular weight is 450 g/mol. The number of sulfonamides is 1. The van der Waals surface area contributed by atoms with E-state index < -0.39 is 27.7 Å². The fraction of sp³-hybridized carbons (Fsp3) is 0.300. The molecule has 0 bridgehead atoms. The van der Waals surface area contributed by atoms with Crippen LogP contribution in [0.25, 0.3) is 11.1 Å². The van der Waals surface area contributed by atoms with E-state index in [2.05, 4.69) is 10.0 Å². The monoisotopic (exact) mass is 449 g/mol. The zero-order valence-corrected chi connectivity index (χ0v) is 18.5. The number of fused-ring (bicyclic) bond motifs is 1. The van der Waals surface area contributed by atoms with Gasteiger partial charge in [0.15, 0.2) is 5.58 Å². The Balaban J connectivity index is 1.85. The van der Waals surface area contributed by atoms with Gasteiger partial charge < -0.3 is 9.73 Å². The maximum atomic E-state index is 12.9. The van der Waals surface area contributed by atoms with E-state index >= 15 is 0 Å². The second-order valence-corrected chi connectivity index (χ2v) is 9.57. The Bertz CT molecular complexity index is 1230. The van der Waals surface area contributed by atoms with Gasteiger partial charge in [-0.25, -0.2) is 13.2 Å². The normalized spacial score (nSPS) is 12.8. The van der Waals surface area contributed by atoms with Gasteiger partial charge in [-0.2, -0.15) is 16.5 Å². The summed E-state index contributed by atoms with van der Waals surface area (Å²) in [5.74, 6) is -0.422. The lowest BCUT2D eigenvalue weighted by molar-refractivity contribution is -0.117. The molecule has 3 rings (SSSR count). The number of aromatic nitrogens is 1. The summed E-state index contributed by atoms with van der Waals surface area (Å²) in [7, 11) is -2.49. The van der Waals surface area contributed by atoms with Crippen molar-refractivity contribution in [1.29, 1.82) is 0 Å². The predicted molar refractivity (Wildman–Crippen MR) is 118 cm³/mol. The second-order valence-electron chi connectivity index (χ2n) is 6.87. The molecule has 2 aromatic carbocycles. The van der Waals surface area contributed by atoms with Crippen molar-refractivity contribution in [1.82, 2.24) is 9.29 Å². The van der Waals surface area contributed by atoms with Crippen LogP contribution in [0.5, 0.6) is 0 Å². The standard InChI is InChI=1S/C20H23N3O5S2/c1-13-5-4-6-14(11-13)21-19(24)16(9-10-29-3)22-30(26,27)15-7-8-17-18(12-15)28-20(25)23(17)2/h4-8,11-12,16,22H,9-10H2,1-3H3,(H,21,24)/t16-/m1/s1. The number of rotatable bonds is 8. The first-order valence-electron chi connectivity index (χ1n) is 9.19. The Morgan fingerprint density at radius 1 is 1.23 bits per heavy atom. The number of nitrogens with zero attached hydrogens (tertiary/aromatic N) is 1. The number of benzene rings is 2. The number of thioether (sulfide) groups is 1. The van der Waals surface area contributed by atoms with Crippen molar-refractivity contribution < 1.29 is 17.6 Å². The van der Waals surface area contributed by atoms with E-state index in [0.29, 0.717) is 23.4 Å². The molecule has 8 nitrogen and oxygen atoms in total. The highest BCUT2D eigenvalue weighted by atomic mass is 32.2. The molecule has 0 radical (unpaired) electrons. The van der Waals surface area contributed by atoms with E-state index in [1.165, 1.54) is 41.6 Å². The van der Waals surface area contributed by atoms with Crippen molar-refractivity contribution in [2.75, 3.05) is 17.3 Å². The van der Waals surface area contributed by atoms with E-state index in [9.17, 15) is 18.0 Å². The first kappa shape index (κ1) is 22.1. The van der Waals surface area contributed by atoms with Crippen LogP contribution in [0.3, 0.4) is 0 Å². The SMILES string of the molecule is CSCC[C@@H](NS(=O)(=O)c1ccc2c(c1)oc(=O)n2C)C(=O)Nc1cccc(C)c1. The van der Waals surface area contributed by atoms with E-state index in [1.54, 1.807) is 6.07 Å². The summed E-state index contributed by atoms with van der Waals surface area (Å²) in [5, 5.41) is 2.77. The molecule has 3 aromatic rings. The van der Waals surface area contributed by atoms with Gasteiger partial charge in [0.25, 0.3) is 0 Å². The summed E-state index contributed by atoms with van der Waals surface area (Å²) in [6.07, 6.45) is 2.20. The number of hydrogen-bond acceptors (Lipinski definition) is 6. The van der Waals surface area contributed by atoms with Crippen LogP contribution >= 0.6 is 11.8 Å². The van der Waals surface area contributed by atoms with Crippen molar-refractivity contribution in [2.45, 2.75) is 24.3 Å². The topological polar surface area (TPSA) is 110 Å². The van der Waals surface area contributed by atoms with Crippen LogP contribution < -0.4 is 15.8 Å². The lowest BCUT2D eigenvalue weighted by Crippen LogP contribution is -2.44. The van der Waals surface area contributed by atoms with Crippen molar-refractivity contribution in [2.24, 2.45) is 7.05 Å². The highest BCUT2D eigenvalue weighted by Gasteiger charge is 2.26. The van der Waals surface area contributed by atoms with Gasteiger partial charge in [0.1, 0.15) is 6.04 Å². The van der Waals surface area contributed by atoms with Crippen LogP contribution in [0.2, 0.25) is 0 Å². The number of amides is 1. The smallest absolute Gasteiger partial charge is 0.408 e. The largest absolute Gasteiger partial charge is 0.419 e. The minimum atomic E-state index is -4.02. The molecule has 30 heavy (non-hydrogen) atoms. The van der Waals surface area contributed by atoms with Crippen LogP contribution in [0, 0.1) is 6.92 Å². The molecule has 2 N–H and O–H groups in total. The van der Waals surface area contributed by atoms with Gasteiger partial charge in [-0.3, -0.25) is 9.36 Å². The molecule has 0 saturated carbocycles. The molecule has 0 aliphatic rings. The third-order valence-corrected chi connectivity index (χ3v) is 6.70. The van der Waals surface area contributed by atoms with Crippen molar-refractivity contribution >= 4 is 44.5 Å². The molecule has 1 atom stereocenters. The molecule has 0 aliphatic carbocycles. The minimum Gasteiger partial charge on any atom is -0.408 e. The van der Waals surface area contributed by atoms with Gasteiger partial charge in [-0.1, -0.05) is 12.1 Å². The molecule has 1 aromatic heterocycles. The Labute approximate surface area is 178 Å². The van der Waals surface area contributed by atoms with Gasteiger partial charge in [0, 0.05) is 18.8 Å². The Hall–Kier alpha value is -2.56. The number of oxazole rings is 1. The fourth-order valence-electron chi connectivity index (χ4n) is 2.97. The van der Waals surface area contributed by atoms with E-state index in [-0.39, 0.29) is 10.5 Å². The first-order chi connectivity index (χ1) is 14.2. The summed E-state index contributed by atoms with van der Waals surface area (Å²) < 4.78 is 34.7. The molecule has 0 aliphatic heterocycles. The molecular formula is C20H23N3O5S2. The zero-order chi connectivity index (χ0) is 21.9. The van der Waals surface area contributed by atoms with Gasteiger partial charge in [0.05, 0.1) is 10.4 Å². The van der Waals surface area contributed by atoms with Crippen LogP contribution in [0.15, 0.2) is 56.6 Å². The highest BCUT2D eigenvalue weighted by molar-refractivity contribution is 7.98. The molecule has 1 heterocycles. The average Bonchev–Trinajstić information content (AvgIpc) is 2.98. The second kappa shape index (κ2) is 9.07. The van der Waals surface area contributed by atoms with Crippen molar-refractivity contribution in [3.63, 3.8) is 0 Å². The number of nitrogens with one attached hydrogen (secondary N) is 2. The number of carbonyl (C=O) groups is 1. The zero-order valence-electron chi connectivity index (χ0n) is 16.8. The van der Waals surface area contributed by atoms with Gasteiger partial charge in [-0.15, -0.1) is 0 Å². The lowest BCUT2D eigenvalue weighted by Gasteiger charge is -2.18. The van der Waals surface area contributed by atoms with Crippen LogP contribution in [0.4, 0.5) is 5.69 Å². The van der Waals surface area contributed by atoms with Gasteiger partial charge in [0.2, 0.25) is 15.9 Å². The van der Waals surface area contributed by atoms with Crippen LogP contribution in [0.1, 0.15) is 12.0 Å². The number of hydrogen-bond donors (Lipinski definition) is 2. The number of anilines is 1. The quantitative estimate of drug-likeness (QED) is 0.547. The molecular weight excluding hydrogens is 426 g/mol. The van der Waals surface area contributed by atoms with Crippen molar-refractivity contribution in [3.8, 4) is 0 Å². The molecule has 0 fully saturated rings. The molecule has 160 valence electrons. The minimum absolute atomic E-state index is 0.0816. The maximum absolute atomic E-state index is 12.9. The van der Waals surface area contributed by atoms with E-state index in [4.69, 9.17) is 4.42 Å². The number of aryl methyl sites for hydroxylation is 2. The van der Waals surface area contributed by atoms with Gasteiger partial charge >= 0.3 is 5.76 Å². The van der Waals surface area contributed by atoms with E-state index in [1.807, 2.05) is 31.4 Å². The molecule has 0 unspecified atom stereocenters. The number of carbonyl (C=O) groups excluding carboxylic acids is 1. The third-order valence-electron chi connectivity index (χ3n) is 4.58. The summed E-state index contributed by atoms with van der Waals surface area (Å²) in [6, 6.07) is 10.5.